The molecule has 10 N–H and O–H groups in total. The van der Waals surface area contributed by atoms with Crippen LogP contribution in [0.15, 0.2) is 269 Å². The summed E-state index contributed by atoms with van der Waals surface area (Å²) in [7, 11) is -0.833. The molecule has 0 saturated heterocycles. The van der Waals surface area contributed by atoms with Gasteiger partial charge in [0.2, 0.25) is 0 Å². The van der Waals surface area contributed by atoms with E-state index < -0.39 is 8.69 Å². The Morgan fingerprint density at radius 1 is 0.500 bits per heavy atom. The van der Waals surface area contributed by atoms with Crippen LogP contribution in [0.3, 0.4) is 0 Å². The van der Waals surface area contributed by atoms with Crippen LogP contribution >= 0.6 is 57.5 Å². The molecule has 0 fully saturated rings. The zero-order valence-corrected chi connectivity index (χ0v) is 61.0. The molecule has 0 bridgehead atoms. The number of hydrogen-bond acceptors (Lipinski definition) is 13. The maximum absolute atomic E-state index is 10.7. The van der Waals surface area contributed by atoms with Crippen molar-refractivity contribution in [3.8, 4) is 11.1 Å². The standard InChI is InChI=1S/C14H10BrN.C14H9Br.C14H11NO2.C14H9NO2.C14H11N.C2H6O.CH4.CH3.BrH.H4N2.HNO2.Na.HO2P.Pd.H2/c15-14-12-6-5-9-3-1-2-4-10(9)11(12)7-8-13(14)16;15-14-7-3-6-12-11-5-2-1-4-10(11)8-9-13(12)14;2*16-15(17)12-7-8-14-11(9-12)6-5-10-3-1-2-4-13(10)14;15-12-7-8-14-11(9-12)6-5-10-3-1-2-4-13(10)14;1-2-3;;;;1-2;2-1-3;;1-3-2;;/h1-8H,16H2;1-9H;1-4,7-9H,5-6H2;1-9H;1-9H,15H2;3H,2H2,1H3;1H4;1H3;1H;1-2H2;(H,2,3);;(H,1,2);;1H/q;;;;;;;-1;;;;+1;;;/p-1/i;;;;;;;;;;;;;;1+1D. The summed E-state index contributed by atoms with van der Waals surface area (Å²) in [5.41, 5.74) is 18.3. The molecule has 15 rings (SSSR count). The number of aliphatic hydroxyl groups excluding tert-OH is 1. The first-order valence-corrected chi connectivity index (χ1v) is 30.4. The van der Waals surface area contributed by atoms with Gasteiger partial charge in [0.15, 0.2) is 0 Å². The smallest absolute Gasteiger partial charge is 0.444 e. The monoisotopic (exact) mass is 1600 g/mol. The van der Waals surface area contributed by atoms with Crippen molar-refractivity contribution in [2.75, 3.05) is 18.1 Å². The predicted molar refractivity (Wildman–Crippen MR) is 408 cm³/mol. The number of non-ortho nitro benzene ring substituents is 2. The van der Waals surface area contributed by atoms with Crippen LogP contribution in [0.5, 0.6) is 0 Å². The Bertz CT molecular complexity index is 4900. The quantitative estimate of drug-likeness (QED) is 0.0108. The third-order valence-electron chi connectivity index (χ3n) is 14.6. The van der Waals surface area contributed by atoms with E-state index in [4.69, 9.17) is 39.1 Å². The van der Waals surface area contributed by atoms with E-state index in [9.17, 15) is 20.2 Å². The summed E-state index contributed by atoms with van der Waals surface area (Å²) in [6.07, 6.45) is 1.85. The molecule has 0 amide bonds. The number of nitrogens with zero attached hydrogens (tertiary/aromatic N) is 3. The molecule has 96 heavy (non-hydrogen) atoms. The molecule has 22 heteroatoms. The summed E-state index contributed by atoms with van der Waals surface area (Å²) in [5.74, 6) is 8.00. The predicted octanol–water partition coefficient (Wildman–Crippen LogP) is 18.1. The van der Waals surface area contributed by atoms with Crippen molar-refractivity contribution >= 4 is 166 Å². The first kappa shape index (κ1) is 82.2. The molecule has 14 aromatic carbocycles. The first-order chi connectivity index (χ1) is 45.2. The van der Waals surface area contributed by atoms with Crippen LogP contribution in [-0.4, -0.2) is 26.5 Å². The molecule has 0 aromatic heterocycles. The first-order valence-electron chi connectivity index (χ1n) is 29.1. The van der Waals surface area contributed by atoms with Crippen LogP contribution in [-0.2, 0) is 37.8 Å². The number of aryl methyl sites for hydroxylation is 2. The third-order valence-corrected chi connectivity index (χ3v) is 16.2. The number of nitro benzene ring substituents is 2. The molecule has 16 nitrogen and oxygen atoms in total. The van der Waals surface area contributed by atoms with Crippen molar-refractivity contribution in [3.05, 3.63) is 313 Å². The normalized spacial score (nSPS) is 10.1. The maximum atomic E-state index is 10.7. The summed E-state index contributed by atoms with van der Waals surface area (Å²) in [5, 5.41) is 57.4. The van der Waals surface area contributed by atoms with Gasteiger partial charge in [0.1, 0.15) is 0 Å². The van der Waals surface area contributed by atoms with Gasteiger partial charge in [-0.2, -0.15) is 0 Å². The van der Waals surface area contributed by atoms with Gasteiger partial charge in [0.25, 0.3) is 11.4 Å². The van der Waals surface area contributed by atoms with Gasteiger partial charge in [0, 0.05) is 74.6 Å². The minimum Gasteiger partial charge on any atom is -0.444 e. The van der Waals surface area contributed by atoms with Crippen LogP contribution in [0, 0.1) is 37.8 Å². The molecule has 1 aliphatic rings. The van der Waals surface area contributed by atoms with E-state index in [0.717, 1.165) is 71.2 Å². The van der Waals surface area contributed by atoms with Crippen molar-refractivity contribution in [1.82, 2.24) is 0 Å². The van der Waals surface area contributed by atoms with Gasteiger partial charge in [-0.25, -0.2) is 4.57 Å². The second kappa shape index (κ2) is 42.5. The van der Waals surface area contributed by atoms with Crippen molar-refractivity contribution < 1.29 is 77.4 Å². The minimum absolute atomic E-state index is 0. The van der Waals surface area contributed by atoms with E-state index in [1.807, 2.05) is 78.9 Å². The molecule has 0 atom stereocenters. The molecule has 0 heterocycles. The molecule has 14 aromatic rings. The fraction of sp³-hybridized carbons (Fsp3) is 0.0676. The number of rotatable bonds is 2. The molecular formula is C74H71Br3N7NaO9PPd-. The maximum Gasteiger partial charge on any atom is 1.00 e. The number of nitro groups is 2. The number of hydrogen-bond donors (Lipinski definition) is 6. The van der Waals surface area contributed by atoms with Crippen molar-refractivity contribution in [2.24, 2.45) is 17.0 Å². The topological polar surface area (TPSA) is 300 Å². The van der Waals surface area contributed by atoms with E-state index in [1.54, 1.807) is 31.2 Å². The van der Waals surface area contributed by atoms with Crippen LogP contribution in [0.1, 0.15) is 28.4 Å². The number of halogens is 3. The van der Waals surface area contributed by atoms with Crippen LogP contribution in [0.2, 0.25) is 0 Å². The summed E-state index contributed by atoms with van der Waals surface area (Å²) >= 11 is 7.12. The fourth-order valence-corrected chi connectivity index (χ4v) is 11.6. The Balaban J connectivity index is 0.000000579. The van der Waals surface area contributed by atoms with E-state index in [0.29, 0.717) is 0 Å². The van der Waals surface area contributed by atoms with Crippen molar-refractivity contribution in [2.45, 2.75) is 27.2 Å². The summed E-state index contributed by atoms with van der Waals surface area (Å²) in [6.45, 7) is 1.93. The number of anilines is 2. The number of benzene rings is 14. The molecule has 0 saturated carbocycles. The van der Waals surface area contributed by atoms with Gasteiger partial charge in [-0.05, 0) is 181 Å². The Hall–Kier alpha value is -8.00. The number of nitrogen functional groups attached to an aromatic ring is 2. The second-order valence-corrected chi connectivity index (χ2v) is 21.7. The number of nitrogens with two attached hydrogens (primary N) is 4. The largest absolute Gasteiger partial charge is 1.00 e. The zero-order chi connectivity index (χ0) is 67.4. The summed E-state index contributed by atoms with van der Waals surface area (Å²) in [6, 6.07) is 84.8. The summed E-state index contributed by atoms with van der Waals surface area (Å²) in [4.78, 5) is 35.7. The van der Waals surface area contributed by atoms with Crippen molar-refractivity contribution in [3.63, 3.8) is 0 Å². The zero-order valence-electron chi connectivity index (χ0n) is 53.7. The minimum atomic E-state index is -0.833. The van der Waals surface area contributed by atoms with Crippen LogP contribution < -0.4 is 52.7 Å². The van der Waals surface area contributed by atoms with E-state index >= 15 is 0 Å². The Kier molecular flexibility index (Phi) is 36.4. The number of hydrazine groups is 1. The third kappa shape index (κ3) is 21.5. The molecule has 0 unspecified atom stereocenters. The Labute approximate surface area is 624 Å². The van der Waals surface area contributed by atoms with Gasteiger partial charge in [-0.3, -0.25) is 31.9 Å². The van der Waals surface area contributed by atoms with Crippen molar-refractivity contribution in [1.29, 1.82) is 0 Å². The molecule has 0 spiro atoms. The fourth-order valence-electron chi connectivity index (χ4n) is 10.6. The average Bonchev–Trinajstić information content (AvgIpc) is 0.773. The van der Waals surface area contributed by atoms with Gasteiger partial charge in [0.05, 0.1) is 9.85 Å². The number of aliphatic hydroxyl groups is 1. The van der Waals surface area contributed by atoms with Gasteiger partial charge in [-0.15, -0.1) is 22.3 Å². The second-order valence-electron chi connectivity index (χ2n) is 19.9. The molecule has 1 aliphatic carbocycles. The Morgan fingerprint density at radius 3 is 1.34 bits per heavy atom. The summed E-state index contributed by atoms with van der Waals surface area (Å²) < 4.78 is 20.6. The van der Waals surface area contributed by atoms with E-state index in [1.165, 1.54) is 75.8 Å². The SMILES string of the molecule is Br.Brc1cccc2c1ccc1ccccc12.C.CCO.NN.Nc1ccc2c(ccc3ccccc32)c1.Nc1ccc2c(ccc3ccccc32)c1Br.O=N[O-].O=PO.O=[N+]([O-])c1ccc2c(c1)CCc1ccccc1-2.O=[N+]([O-])c1ccc2c(ccc3ccccc32)c1.[2H][2H].[CH3-].[Na+].[Pd]. The van der Waals surface area contributed by atoms with E-state index in [-0.39, 0.29) is 110 Å². The Morgan fingerprint density at radius 2 is 0.833 bits per heavy atom. The van der Waals surface area contributed by atoms with Gasteiger partial charge < -0.3 is 39.0 Å². The molecule has 0 radical (unpaired) electrons. The average molecular weight is 1600 g/mol. The molecule has 0 aliphatic heterocycles. The van der Waals surface area contributed by atoms with Gasteiger partial charge in [-0.1, -0.05) is 217 Å². The molecule has 494 valence electrons. The van der Waals surface area contributed by atoms with Gasteiger partial charge >= 0.3 is 38.2 Å². The van der Waals surface area contributed by atoms with Crippen LogP contribution in [0.4, 0.5) is 22.7 Å². The van der Waals surface area contributed by atoms with E-state index in [2.05, 4.69) is 195 Å². The number of fused-ring (bicyclic) bond motifs is 15. The molecular weight excluding hydrogens is 1530 g/mol. The van der Waals surface area contributed by atoms with Crippen LogP contribution in [0.25, 0.3) is 97.3 Å².